The number of fused-ring (bicyclic) bond motifs is 16. The molecule has 7 aliphatic rings. The zero-order valence-corrected chi connectivity index (χ0v) is 61.5. The van der Waals surface area contributed by atoms with Crippen LogP contribution in [0.3, 0.4) is 0 Å². The molecular weight excluding hydrogens is 1390 g/mol. The van der Waals surface area contributed by atoms with Crippen molar-refractivity contribution in [2.75, 3.05) is 77.3 Å². The summed E-state index contributed by atoms with van der Waals surface area (Å²) in [7, 11) is 4.90. The van der Waals surface area contributed by atoms with Gasteiger partial charge in [0.05, 0.1) is 77.2 Å². The number of phenolic OH excluding ortho intramolecular Hbond substituents is 3. The van der Waals surface area contributed by atoms with Crippen LogP contribution in [0.4, 0.5) is 15.8 Å². The molecule has 1 aliphatic carbocycles. The molecule has 3 saturated heterocycles. The number of piperidine rings is 1. The number of methoxy groups -OCH3 is 2. The first-order valence-electron chi connectivity index (χ1n) is 35.1. The van der Waals surface area contributed by atoms with Crippen LogP contribution in [-0.2, 0) is 23.8 Å². The number of nitrogen functional groups attached to an aromatic ring is 1. The summed E-state index contributed by atoms with van der Waals surface area (Å²) in [6.07, 6.45) is 17.5. The Bertz CT molecular complexity index is 4480. The van der Waals surface area contributed by atoms with Crippen LogP contribution in [0.2, 0.25) is 0 Å². The van der Waals surface area contributed by atoms with Crippen LogP contribution in [-0.4, -0.2) is 205 Å². The highest BCUT2D eigenvalue weighted by molar-refractivity contribution is 6.24. The van der Waals surface area contributed by atoms with Crippen LogP contribution >= 0.6 is 0 Å². The molecule has 32 heteroatoms. The number of anilines is 2. The number of ether oxygens (including phenoxy) is 5. The number of pyridine rings is 2. The second kappa shape index (κ2) is 34.7. The third kappa shape index (κ3) is 17.8. The molecular formula is C75H94FN13O18. The number of hydrazone groups is 1. The summed E-state index contributed by atoms with van der Waals surface area (Å²) >= 11 is 0. The summed E-state index contributed by atoms with van der Waals surface area (Å²) < 4.78 is 46.4. The average Bonchev–Trinajstić information content (AvgIpc) is 1.65. The van der Waals surface area contributed by atoms with Gasteiger partial charge in [-0.25, -0.2) is 20.0 Å². The van der Waals surface area contributed by atoms with E-state index in [4.69, 9.17) is 35.3 Å². The molecule has 0 unspecified atom stereocenters. The highest BCUT2D eigenvalue weighted by Crippen LogP contribution is 2.55. The molecule has 11 atom stereocenters. The lowest BCUT2D eigenvalue weighted by molar-refractivity contribution is -0.160. The van der Waals surface area contributed by atoms with Crippen molar-refractivity contribution in [3.8, 4) is 28.7 Å². The van der Waals surface area contributed by atoms with E-state index in [1.54, 1.807) is 61.6 Å². The summed E-state index contributed by atoms with van der Waals surface area (Å²) in [4.78, 5) is 101. The number of nitrogens with zero attached hydrogens (tertiary/aromatic N) is 8. The fraction of sp³-hybridized carbons (Fsp3) is 0.453. The monoisotopic (exact) mass is 1480 g/mol. The third-order valence-corrected chi connectivity index (χ3v) is 20.2. The van der Waals surface area contributed by atoms with E-state index < -0.39 is 112 Å². The number of nitrogens with one attached hydrogen (secondary N) is 3. The Labute approximate surface area is 616 Å². The molecule has 0 radical (unpaired) electrons. The van der Waals surface area contributed by atoms with Crippen LogP contribution in [0.15, 0.2) is 101 Å². The van der Waals surface area contributed by atoms with Crippen molar-refractivity contribution in [3.63, 3.8) is 0 Å². The van der Waals surface area contributed by atoms with Gasteiger partial charge in [0.15, 0.2) is 17.3 Å². The summed E-state index contributed by atoms with van der Waals surface area (Å²) in [5, 5.41) is 79.9. The van der Waals surface area contributed by atoms with Crippen LogP contribution in [0.5, 0.6) is 28.7 Å². The van der Waals surface area contributed by atoms with E-state index in [-0.39, 0.29) is 73.1 Å². The van der Waals surface area contributed by atoms with Crippen molar-refractivity contribution in [1.29, 1.82) is 0 Å². The van der Waals surface area contributed by atoms with Gasteiger partial charge in [0.2, 0.25) is 5.43 Å². The molecule has 5 bridgehead atoms. The SMILES string of the molecule is CO[C@H]1/C=C/O[C@@]2(C)Oc3c(C)c(O)c4c(O)c(c(C=NN5CCN(C)CC5)c(O)c4c3C2=O)NC(=O)/C(C)=C\C=C\[C@@H](C)[C@@H](O)[C@@H](C)[C@H](O)[C@H](C)[C@H](OC(C)=O)[C@@H]1C.COc1c(N2C[C@@H]3CCCN[C@@H]3C2)c(F)cc2c(=O)c(C(=O)O)cn(C3CC3)c12.NC(=O)c1cnccn1.NNC(=O)c1ccncc1. The summed E-state index contributed by atoms with van der Waals surface area (Å²) in [5.41, 5.74) is 7.09. The molecule has 3 aromatic heterocycles. The molecule has 574 valence electrons. The minimum absolute atomic E-state index is 0.0559. The first kappa shape index (κ1) is 80.5. The number of piperazine rings is 1. The van der Waals surface area contributed by atoms with Crippen molar-refractivity contribution in [2.24, 2.45) is 46.3 Å². The fourth-order valence-corrected chi connectivity index (χ4v) is 13.9. The number of ketones is 1. The number of Topliss-reactive ketones (excluding diaryl/α,β-unsaturated/α-hetero) is 1. The number of benzene rings is 3. The lowest BCUT2D eigenvalue weighted by Gasteiger charge is -2.38. The molecule has 31 nitrogen and oxygen atoms in total. The van der Waals surface area contributed by atoms with Gasteiger partial charge in [-0.15, -0.1) is 0 Å². The largest absolute Gasteiger partial charge is 0.507 e. The van der Waals surface area contributed by atoms with Crippen molar-refractivity contribution in [2.45, 2.75) is 123 Å². The number of primary amides is 1. The lowest BCUT2D eigenvalue weighted by Crippen LogP contribution is -2.46. The van der Waals surface area contributed by atoms with E-state index in [1.165, 1.54) is 110 Å². The number of halogens is 1. The van der Waals surface area contributed by atoms with Crippen molar-refractivity contribution in [1.82, 2.24) is 40.2 Å². The predicted molar refractivity (Wildman–Crippen MR) is 394 cm³/mol. The molecule has 9 heterocycles. The first-order valence-corrected chi connectivity index (χ1v) is 35.1. The quantitative estimate of drug-likeness (QED) is 0.0143. The first-order chi connectivity index (χ1) is 50.9. The van der Waals surface area contributed by atoms with Crippen LogP contribution in [0.1, 0.15) is 133 Å². The number of aromatic nitrogens is 4. The second-order valence-electron chi connectivity index (χ2n) is 27.6. The summed E-state index contributed by atoms with van der Waals surface area (Å²) in [6, 6.07) is 4.79. The number of hydrogen-bond donors (Lipinski definition) is 11. The Kier molecular flexibility index (Phi) is 26.1. The number of esters is 1. The van der Waals surface area contributed by atoms with Gasteiger partial charge < -0.3 is 85.1 Å². The summed E-state index contributed by atoms with van der Waals surface area (Å²) in [6.45, 7) is 17.5. The number of allylic oxidation sites excluding steroid dienone is 2. The molecule has 0 spiro atoms. The maximum Gasteiger partial charge on any atom is 0.341 e. The van der Waals surface area contributed by atoms with Gasteiger partial charge in [-0.1, -0.05) is 45.9 Å². The van der Waals surface area contributed by atoms with E-state index >= 15 is 4.39 Å². The zero-order valence-electron chi connectivity index (χ0n) is 61.5. The second-order valence-corrected chi connectivity index (χ2v) is 27.6. The number of carbonyl (C=O) groups excluding carboxylic acids is 5. The number of carbonyl (C=O) groups is 6. The zero-order chi connectivity index (χ0) is 78.0. The molecule has 6 aliphatic heterocycles. The smallest absolute Gasteiger partial charge is 0.341 e. The van der Waals surface area contributed by atoms with E-state index in [1.807, 2.05) is 17.4 Å². The normalized spacial score (nSPS) is 25.8. The standard InChI is InChI=1S/C43H58N4O12.C21H24FN3O4.C6H7N3O.C5H5N3O/c1-21-12-11-13-22(2)42(55)45-33-28(20-44-47-17-15-46(9)16-18-47)37(52)30-31(38(33)53)36(51)26(6)40-32(30)41(54)43(8,59-40)57-19-14-29(56-10)23(3)39(58-27(7)48)25(5)35(50)24(4)34(21)49;1-29-20-17-13(19(26)14(21(27)28)9-25(17)12-4-5-12)7-15(22)18(20)24-8-11-3-2-6-23-16(11)10-24;7-9-6(10)5-1-3-8-4-2-5;6-5(9)4-3-7-1-2-8-4/h11-14,19-21,23-25,29,34-35,39,49-53H,15-18H2,1-10H3,(H,45,55);7,9,11-12,16,23H,2-6,8,10H2,1H3,(H,27,28);1-4H,7H2,(H,9,10);1-3H,(H2,6,9)/b12-11+,19-14+,22-13-,44-20?;;;/t21-,23-,24-,25+,29+,34-,35+,39-,43+;11-,16+;;/m10../s1. The number of hydrazine groups is 1. The lowest BCUT2D eigenvalue weighted by atomic mass is 9.78. The number of carboxylic acids is 1. The van der Waals surface area contributed by atoms with Gasteiger partial charge in [0, 0.05) is 149 Å². The Morgan fingerprint density at radius 2 is 1.59 bits per heavy atom. The number of carboxylic acid groups (broad SMARTS) is 1. The minimum atomic E-state index is -2.04. The van der Waals surface area contributed by atoms with Crippen LogP contribution < -0.4 is 47.4 Å². The van der Waals surface area contributed by atoms with Crippen molar-refractivity contribution < 1.29 is 87.5 Å². The highest BCUT2D eigenvalue weighted by Gasteiger charge is 2.50. The van der Waals surface area contributed by atoms with E-state index in [9.17, 15) is 64.2 Å². The molecule has 1 saturated carbocycles. The fourth-order valence-electron chi connectivity index (χ4n) is 13.9. The maximum absolute atomic E-state index is 15.3. The van der Waals surface area contributed by atoms with E-state index in [2.05, 4.69) is 35.6 Å². The van der Waals surface area contributed by atoms with Crippen LogP contribution in [0.25, 0.3) is 21.7 Å². The number of phenols is 3. The van der Waals surface area contributed by atoms with Crippen molar-refractivity contribution in [3.05, 3.63) is 141 Å². The number of aliphatic hydroxyl groups excluding tert-OH is 2. The number of likely N-dealkylation sites (N-methyl/N-ethyl adjacent to an activating group) is 1. The topological polar surface area (TPSA) is 441 Å². The average molecular weight is 1480 g/mol. The molecule has 107 heavy (non-hydrogen) atoms. The molecule has 3 amide bonds. The Morgan fingerprint density at radius 1 is 0.888 bits per heavy atom. The van der Waals surface area contributed by atoms with Gasteiger partial charge in [-0.05, 0) is 83.3 Å². The van der Waals surface area contributed by atoms with E-state index in [0.717, 1.165) is 51.9 Å². The summed E-state index contributed by atoms with van der Waals surface area (Å²) in [5.74, 6) is -5.38. The molecule has 13 rings (SSSR count). The van der Waals surface area contributed by atoms with Crippen LogP contribution in [0, 0.1) is 42.3 Å². The van der Waals surface area contributed by atoms with Gasteiger partial charge in [-0.2, -0.15) is 5.10 Å². The Balaban J connectivity index is 0.000000222. The number of aromatic hydroxyl groups is 3. The molecule has 3 aromatic carbocycles. The van der Waals surface area contributed by atoms with E-state index in [0.29, 0.717) is 54.1 Å². The highest BCUT2D eigenvalue weighted by atomic mass is 19.1. The molecule has 4 fully saturated rings. The number of rotatable bonds is 10. The third-order valence-electron chi connectivity index (χ3n) is 20.2. The predicted octanol–water partition coefficient (Wildman–Crippen LogP) is 5.97. The number of hydrogen-bond acceptors (Lipinski definition) is 26. The van der Waals surface area contributed by atoms with Gasteiger partial charge in [-0.3, -0.25) is 49.2 Å². The molecule has 6 aromatic rings. The Morgan fingerprint density at radius 3 is 2.19 bits per heavy atom. The van der Waals surface area contributed by atoms with Gasteiger partial charge in [0.25, 0.3) is 23.5 Å². The van der Waals surface area contributed by atoms with Gasteiger partial charge >= 0.3 is 17.7 Å². The molecule has 13 N–H and O–H groups in total. The van der Waals surface area contributed by atoms with Crippen molar-refractivity contribution >= 4 is 74.7 Å². The number of aromatic carboxylic acids is 1. The maximum atomic E-state index is 15.3. The number of amides is 3. The van der Waals surface area contributed by atoms with Gasteiger partial charge in [0.1, 0.15) is 40.3 Å². The number of nitrogens with two attached hydrogens (primary N) is 2. The number of aliphatic hydroxyl groups is 2. The minimum Gasteiger partial charge on any atom is -0.507 e. The Hall–Kier alpha value is -10.6.